The van der Waals surface area contributed by atoms with E-state index in [1.54, 1.807) is 30.5 Å². The third-order valence-corrected chi connectivity index (χ3v) is 3.62. The Morgan fingerprint density at radius 1 is 1.14 bits per heavy atom. The summed E-state index contributed by atoms with van der Waals surface area (Å²) in [7, 11) is 1.53. The maximum Gasteiger partial charge on any atom is 0.193 e. The number of rotatable bonds is 3. The van der Waals surface area contributed by atoms with E-state index in [2.05, 4.69) is 4.98 Å². The minimum absolute atomic E-state index is 0.0800. The topological polar surface area (TPSA) is 39.2 Å². The van der Waals surface area contributed by atoms with Crippen LogP contribution < -0.4 is 4.74 Å². The molecule has 21 heavy (non-hydrogen) atoms. The van der Waals surface area contributed by atoms with Crippen molar-refractivity contribution in [2.45, 2.75) is 0 Å². The van der Waals surface area contributed by atoms with Gasteiger partial charge in [-0.1, -0.05) is 29.8 Å². The van der Waals surface area contributed by atoms with Gasteiger partial charge in [0.25, 0.3) is 0 Å². The number of halogens is 1. The SMILES string of the molecule is COc1cc(C(=O)c2cccc3ncccc23)ccc1Cl. The van der Waals surface area contributed by atoms with E-state index in [-0.39, 0.29) is 5.78 Å². The summed E-state index contributed by atoms with van der Waals surface area (Å²) in [4.78, 5) is 17.0. The molecule has 0 spiro atoms. The Labute approximate surface area is 127 Å². The number of fused-ring (bicyclic) bond motifs is 1. The van der Waals surface area contributed by atoms with Gasteiger partial charge in [0.2, 0.25) is 0 Å². The maximum absolute atomic E-state index is 12.7. The van der Waals surface area contributed by atoms with E-state index >= 15 is 0 Å². The number of carbonyl (C=O) groups is 1. The van der Waals surface area contributed by atoms with Gasteiger partial charge in [0.15, 0.2) is 5.78 Å². The Bertz CT molecular complexity index is 825. The average molecular weight is 298 g/mol. The van der Waals surface area contributed by atoms with E-state index in [9.17, 15) is 4.79 Å². The molecule has 3 aromatic rings. The summed E-state index contributed by atoms with van der Waals surface area (Å²) in [6, 6.07) is 14.2. The van der Waals surface area contributed by atoms with Gasteiger partial charge in [-0.2, -0.15) is 0 Å². The Hall–Kier alpha value is -2.39. The monoisotopic (exact) mass is 297 g/mol. The van der Waals surface area contributed by atoms with Gasteiger partial charge in [-0.05, 0) is 30.3 Å². The summed E-state index contributed by atoms with van der Waals surface area (Å²) in [6.07, 6.45) is 1.71. The molecule has 0 aliphatic carbocycles. The van der Waals surface area contributed by atoms with Crippen molar-refractivity contribution in [2.24, 2.45) is 0 Å². The third kappa shape index (κ3) is 2.48. The molecular weight excluding hydrogens is 286 g/mol. The van der Waals surface area contributed by atoms with Crippen molar-refractivity contribution in [3.05, 3.63) is 70.9 Å². The van der Waals surface area contributed by atoms with Crippen LogP contribution in [0.2, 0.25) is 5.02 Å². The first-order valence-electron chi connectivity index (χ1n) is 6.42. The minimum atomic E-state index is -0.0800. The quantitative estimate of drug-likeness (QED) is 0.682. The van der Waals surface area contributed by atoms with Crippen molar-refractivity contribution in [3.63, 3.8) is 0 Å². The molecule has 0 bridgehead atoms. The van der Waals surface area contributed by atoms with Gasteiger partial charge < -0.3 is 4.74 Å². The van der Waals surface area contributed by atoms with E-state index in [1.165, 1.54) is 7.11 Å². The second-order valence-electron chi connectivity index (χ2n) is 4.55. The summed E-state index contributed by atoms with van der Waals surface area (Å²) in [6.45, 7) is 0. The molecule has 0 atom stereocenters. The molecule has 3 nitrogen and oxygen atoms in total. The Morgan fingerprint density at radius 2 is 2.00 bits per heavy atom. The number of methoxy groups -OCH3 is 1. The number of hydrogen-bond donors (Lipinski definition) is 0. The fraction of sp³-hybridized carbons (Fsp3) is 0.0588. The molecule has 1 heterocycles. The van der Waals surface area contributed by atoms with Crippen LogP contribution in [0.1, 0.15) is 15.9 Å². The molecule has 0 N–H and O–H groups in total. The first-order valence-corrected chi connectivity index (χ1v) is 6.80. The van der Waals surface area contributed by atoms with Crippen LogP contribution >= 0.6 is 11.6 Å². The summed E-state index contributed by atoms with van der Waals surface area (Å²) in [5, 5.41) is 1.31. The summed E-state index contributed by atoms with van der Waals surface area (Å²) in [5.41, 5.74) is 1.95. The molecule has 0 aliphatic rings. The Balaban J connectivity index is 2.13. The van der Waals surface area contributed by atoms with Gasteiger partial charge in [-0.25, -0.2) is 0 Å². The normalized spacial score (nSPS) is 10.6. The van der Waals surface area contributed by atoms with Crippen LogP contribution in [0.25, 0.3) is 10.9 Å². The fourth-order valence-electron chi connectivity index (χ4n) is 2.26. The lowest BCUT2D eigenvalue weighted by atomic mass is 9.99. The van der Waals surface area contributed by atoms with Crippen LogP contribution in [0.5, 0.6) is 5.75 Å². The number of benzene rings is 2. The van der Waals surface area contributed by atoms with Crippen molar-refractivity contribution in [3.8, 4) is 5.75 Å². The number of aromatic nitrogens is 1. The first kappa shape index (κ1) is 13.6. The zero-order valence-electron chi connectivity index (χ0n) is 11.3. The van der Waals surface area contributed by atoms with Crippen LogP contribution in [0.15, 0.2) is 54.7 Å². The lowest BCUT2D eigenvalue weighted by molar-refractivity contribution is 0.104. The maximum atomic E-state index is 12.7. The molecule has 1 aromatic heterocycles. The van der Waals surface area contributed by atoms with Gasteiger partial charge in [0.05, 0.1) is 17.6 Å². The van der Waals surface area contributed by atoms with Gasteiger partial charge in [0.1, 0.15) is 5.75 Å². The average Bonchev–Trinajstić information content (AvgIpc) is 2.54. The van der Waals surface area contributed by atoms with Gasteiger partial charge in [-0.15, -0.1) is 0 Å². The largest absolute Gasteiger partial charge is 0.495 e. The lowest BCUT2D eigenvalue weighted by Gasteiger charge is -2.08. The van der Waals surface area contributed by atoms with Crippen LogP contribution in [-0.2, 0) is 0 Å². The van der Waals surface area contributed by atoms with Gasteiger partial charge in [0, 0.05) is 22.7 Å². The molecule has 104 valence electrons. The number of ether oxygens (including phenoxy) is 1. The van der Waals surface area contributed by atoms with Crippen LogP contribution in [0.3, 0.4) is 0 Å². The van der Waals surface area contributed by atoms with Crippen molar-refractivity contribution in [2.75, 3.05) is 7.11 Å². The first-order chi connectivity index (χ1) is 10.2. The Kier molecular flexibility index (Phi) is 3.59. The highest BCUT2D eigenvalue weighted by atomic mass is 35.5. The molecule has 0 aliphatic heterocycles. The number of ketones is 1. The molecule has 4 heteroatoms. The summed E-state index contributed by atoms with van der Waals surface area (Å²) in [5.74, 6) is 0.407. The van der Waals surface area contributed by atoms with E-state index in [0.717, 1.165) is 10.9 Å². The summed E-state index contributed by atoms with van der Waals surface area (Å²) < 4.78 is 5.16. The predicted octanol–water partition coefficient (Wildman–Crippen LogP) is 4.13. The molecule has 0 fully saturated rings. The molecular formula is C17H12ClNO2. The molecule has 0 amide bonds. The number of pyridine rings is 1. The molecule has 0 saturated carbocycles. The van der Waals surface area contributed by atoms with E-state index < -0.39 is 0 Å². The summed E-state index contributed by atoms with van der Waals surface area (Å²) >= 11 is 6.00. The van der Waals surface area contributed by atoms with Crippen molar-refractivity contribution in [1.82, 2.24) is 4.98 Å². The van der Waals surface area contributed by atoms with E-state index in [1.807, 2.05) is 24.3 Å². The zero-order chi connectivity index (χ0) is 14.8. The minimum Gasteiger partial charge on any atom is -0.495 e. The standard InChI is InChI=1S/C17H12ClNO2/c1-21-16-10-11(7-8-14(16)18)17(20)13-4-2-6-15-12(13)5-3-9-19-15/h2-10H,1H3. The van der Waals surface area contributed by atoms with E-state index in [4.69, 9.17) is 16.3 Å². The van der Waals surface area contributed by atoms with Crippen LogP contribution in [0.4, 0.5) is 0 Å². The highest BCUT2D eigenvalue weighted by molar-refractivity contribution is 6.32. The molecule has 0 unspecified atom stereocenters. The third-order valence-electron chi connectivity index (χ3n) is 3.30. The number of carbonyl (C=O) groups excluding carboxylic acids is 1. The second kappa shape index (κ2) is 5.54. The van der Waals surface area contributed by atoms with E-state index in [0.29, 0.717) is 21.9 Å². The predicted molar refractivity (Wildman–Crippen MR) is 83.2 cm³/mol. The second-order valence-corrected chi connectivity index (χ2v) is 4.96. The zero-order valence-corrected chi connectivity index (χ0v) is 12.1. The van der Waals surface area contributed by atoms with Crippen molar-refractivity contribution < 1.29 is 9.53 Å². The highest BCUT2D eigenvalue weighted by Crippen LogP contribution is 2.27. The molecule has 2 aromatic carbocycles. The van der Waals surface area contributed by atoms with Crippen molar-refractivity contribution >= 4 is 28.3 Å². The van der Waals surface area contributed by atoms with Gasteiger partial charge in [-0.3, -0.25) is 9.78 Å². The molecule has 3 rings (SSSR count). The Morgan fingerprint density at radius 3 is 2.81 bits per heavy atom. The van der Waals surface area contributed by atoms with Gasteiger partial charge >= 0.3 is 0 Å². The lowest BCUT2D eigenvalue weighted by Crippen LogP contribution is -2.03. The number of hydrogen-bond acceptors (Lipinski definition) is 3. The molecule has 0 saturated heterocycles. The van der Waals surface area contributed by atoms with Crippen molar-refractivity contribution in [1.29, 1.82) is 0 Å². The molecule has 0 radical (unpaired) electrons. The highest BCUT2D eigenvalue weighted by Gasteiger charge is 2.14. The number of nitrogens with zero attached hydrogens (tertiary/aromatic N) is 1. The smallest absolute Gasteiger partial charge is 0.193 e. The van der Waals surface area contributed by atoms with Crippen LogP contribution in [-0.4, -0.2) is 17.9 Å². The fourth-order valence-corrected chi connectivity index (χ4v) is 2.45. The van der Waals surface area contributed by atoms with Crippen LogP contribution in [0, 0.1) is 0 Å².